The van der Waals surface area contributed by atoms with Crippen molar-refractivity contribution in [2.24, 2.45) is 0 Å². The summed E-state index contributed by atoms with van der Waals surface area (Å²) in [6, 6.07) is 2.12. The summed E-state index contributed by atoms with van der Waals surface area (Å²) in [6.07, 6.45) is 3.75. The second-order valence-corrected chi connectivity index (χ2v) is 6.28. The zero-order valence-electron chi connectivity index (χ0n) is 14.8. The third kappa shape index (κ3) is 5.36. The van der Waals surface area contributed by atoms with Crippen molar-refractivity contribution in [1.82, 2.24) is 4.90 Å². The number of carbonyl (C=O) groups is 2. The average molecular weight is 366 g/mol. The Morgan fingerprint density at radius 3 is 2.69 bits per heavy atom. The van der Waals surface area contributed by atoms with Crippen molar-refractivity contribution in [2.45, 2.75) is 44.8 Å². The molecule has 7 heteroatoms. The summed E-state index contributed by atoms with van der Waals surface area (Å²) in [7, 11) is 0. The summed E-state index contributed by atoms with van der Waals surface area (Å²) in [4.78, 5) is 26.7. The van der Waals surface area contributed by atoms with Crippen LogP contribution in [-0.2, 0) is 14.3 Å². The van der Waals surface area contributed by atoms with Crippen LogP contribution < -0.4 is 5.32 Å². The molecule has 1 aliphatic rings. The number of carbonyl (C=O) groups excluding carboxylic acids is 2. The first kappa shape index (κ1) is 20.0. The molecule has 5 nitrogen and oxygen atoms in total. The first-order valence-corrected chi connectivity index (χ1v) is 8.72. The molecule has 2 amide bonds. The summed E-state index contributed by atoms with van der Waals surface area (Å²) < 4.78 is 32.1. The van der Waals surface area contributed by atoms with Crippen LogP contribution in [0.3, 0.4) is 0 Å². The number of halogens is 2. The van der Waals surface area contributed by atoms with Crippen molar-refractivity contribution < 1.29 is 23.1 Å². The first-order chi connectivity index (χ1) is 12.4. The Hall–Kier alpha value is -2.28. The lowest BCUT2D eigenvalue weighted by atomic mass is 10.0. The lowest BCUT2D eigenvalue weighted by molar-refractivity contribution is -0.149. The van der Waals surface area contributed by atoms with E-state index < -0.39 is 29.7 Å². The normalized spacial score (nSPS) is 18.3. The highest BCUT2D eigenvalue weighted by Gasteiger charge is 2.34. The summed E-state index contributed by atoms with van der Waals surface area (Å²) in [6.45, 7) is 6.07. The molecule has 0 aromatic heterocycles. The third-order valence-corrected chi connectivity index (χ3v) is 4.26. The van der Waals surface area contributed by atoms with E-state index in [9.17, 15) is 18.4 Å². The van der Waals surface area contributed by atoms with E-state index in [1.807, 2.05) is 0 Å². The summed E-state index contributed by atoms with van der Waals surface area (Å²) in [5.74, 6) is -2.28. The number of hydrogen-bond acceptors (Lipinski definition) is 3. The van der Waals surface area contributed by atoms with Crippen molar-refractivity contribution >= 4 is 17.5 Å². The molecule has 0 spiro atoms. The molecule has 1 heterocycles. The number of nitrogens with one attached hydrogen (secondary N) is 1. The van der Waals surface area contributed by atoms with Crippen molar-refractivity contribution in [2.75, 3.05) is 18.5 Å². The van der Waals surface area contributed by atoms with Crippen LogP contribution in [0.25, 0.3) is 0 Å². The van der Waals surface area contributed by atoms with Crippen molar-refractivity contribution in [3.8, 4) is 0 Å². The van der Waals surface area contributed by atoms with Gasteiger partial charge in [0.2, 0.25) is 5.91 Å². The highest BCUT2D eigenvalue weighted by molar-refractivity contribution is 5.97. The van der Waals surface area contributed by atoms with E-state index in [2.05, 4.69) is 11.9 Å². The Labute approximate surface area is 152 Å². The number of nitrogens with zero attached hydrogens (tertiary/aromatic N) is 1. The Kier molecular flexibility index (Phi) is 7.26. The molecule has 1 aromatic carbocycles. The number of likely N-dealkylation sites (tertiary alicyclic amines) is 1. The molecular formula is C19H24F2N2O3. The number of rotatable bonds is 7. The van der Waals surface area contributed by atoms with Crippen LogP contribution in [-0.4, -0.2) is 42.0 Å². The molecule has 1 saturated heterocycles. The molecule has 2 rings (SSSR count). The van der Waals surface area contributed by atoms with Gasteiger partial charge in [-0.15, -0.1) is 6.58 Å². The largest absolute Gasteiger partial charge is 0.368 e. The van der Waals surface area contributed by atoms with Crippen molar-refractivity contribution in [1.29, 1.82) is 0 Å². The zero-order chi connectivity index (χ0) is 19.1. The highest BCUT2D eigenvalue weighted by atomic mass is 19.1. The quantitative estimate of drug-likeness (QED) is 0.595. The molecule has 26 heavy (non-hydrogen) atoms. The fraction of sp³-hybridized carbons (Fsp3) is 0.474. The predicted octanol–water partition coefficient (Wildman–Crippen LogP) is 3.27. The number of amides is 2. The molecular weight excluding hydrogens is 342 g/mol. The summed E-state index contributed by atoms with van der Waals surface area (Å²) in [5.41, 5.74) is 0.0285. The third-order valence-electron chi connectivity index (χ3n) is 4.26. The lowest BCUT2D eigenvalue weighted by Gasteiger charge is -2.36. The van der Waals surface area contributed by atoms with Crippen LogP contribution in [0.2, 0.25) is 0 Å². The van der Waals surface area contributed by atoms with Crippen molar-refractivity contribution in [3.63, 3.8) is 0 Å². The van der Waals surface area contributed by atoms with E-state index in [1.165, 1.54) is 4.90 Å². The number of hydrogen-bond donors (Lipinski definition) is 1. The molecule has 1 N–H and O–H groups in total. The summed E-state index contributed by atoms with van der Waals surface area (Å²) >= 11 is 0. The Bertz CT molecular complexity index is 646. The monoisotopic (exact) mass is 366 g/mol. The minimum absolute atomic E-state index is 0.0285. The van der Waals surface area contributed by atoms with Crippen LogP contribution in [0.4, 0.5) is 14.5 Å². The van der Waals surface area contributed by atoms with E-state index in [4.69, 9.17) is 4.74 Å². The van der Waals surface area contributed by atoms with E-state index >= 15 is 0 Å². The molecule has 2 unspecified atom stereocenters. The van der Waals surface area contributed by atoms with Gasteiger partial charge in [0.05, 0.1) is 6.61 Å². The molecule has 0 aliphatic carbocycles. The van der Waals surface area contributed by atoms with Crippen LogP contribution in [0.15, 0.2) is 30.9 Å². The number of ether oxygens (including phenoxy) is 1. The van der Waals surface area contributed by atoms with Crippen LogP contribution in [0.5, 0.6) is 0 Å². The molecule has 0 saturated carbocycles. The molecule has 0 radical (unpaired) electrons. The van der Waals surface area contributed by atoms with Gasteiger partial charge >= 0.3 is 0 Å². The molecule has 142 valence electrons. The average Bonchev–Trinajstić information content (AvgIpc) is 2.60. The minimum atomic E-state index is -0.777. The molecule has 1 fully saturated rings. The van der Waals surface area contributed by atoms with Gasteiger partial charge in [-0.25, -0.2) is 8.78 Å². The maximum absolute atomic E-state index is 13.3. The van der Waals surface area contributed by atoms with E-state index in [0.717, 1.165) is 31.0 Å². The maximum Gasteiger partial charge on any atom is 0.252 e. The molecule has 2 atom stereocenters. The first-order valence-electron chi connectivity index (χ1n) is 8.72. The molecule has 1 aliphatic heterocycles. The second kappa shape index (κ2) is 9.43. The second-order valence-electron chi connectivity index (χ2n) is 6.28. The van der Waals surface area contributed by atoms with Gasteiger partial charge in [-0.3, -0.25) is 9.59 Å². The van der Waals surface area contributed by atoms with Crippen molar-refractivity contribution in [3.05, 3.63) is 42.5 Å². The Balaban J connectivity index is 2.05. The zero-order valence-corrected chi connectivity index (χ0v) is 14.8. The van der Waals surface area contributed by atoms with E-state index in [-0.39, 0.29) is 11.6 Å². The van der Waals surface area contributed by atoms with E-state index in [1.54, 1.807) is 13.0 Å². The van der Waals surface area contributed by atoms with Gasteiger partial charge in [-0.2, -0.15) is 0 Å². The molecule has 0 bridgehead atoms. The number of piperidine rings is 1. The van der Waals surface area contributed by atoms with E-state index in [0.29, 0.717) is 26.0 Å². The van der Waals surface area contributed by atoms with Crippen LogP contribution in [0, 0.1) is 11.6 Å². The van der Waals surface area contributed by atoms with Crippen LogP contribution in [0.1, 0.15) is 32.6 Å². The Morgan fingerprint density at radius 2 is 2.04 bits per heavy atom. The van der Waals surface area contributed by atoms with Gasteiger partial charge in [0.25, 0.3) is 5.91 Å². The van der Waals surface area contributed by atoms with Gasteiger partial charge in [-0.1, -0.05) is 6.08 Å². The lowest BCUT2D eigenvalue weighted by Crippen LogP contribution is -2.53. The maximum atomic E-state index is 13.3. The van der Waals surface area contributed by atoms with Gasteiger partial charge in [-0.05, 0) is 44.7 Å². The van der Waals surface area contributed by atoms with Gasteiger partial charge in [0.1, 0.15) is 23.8 Å². The van der Waals surface area contributed by atoms with Gasteiger partial charge < -0.3 is 15.0 Å². The fourth-order valence-electron chi connectivity index (χ4n) is 2.95. The van der Waals surface area contributed by atoms with Gasteiger partial charge in [0, 0.05) is 18.3 Å². The fourth-order valence-corrected chi connectivity index (χ4v) is 2.95. The highest BCUT2D eigenvalue weighted by Crippen LogP contribution is 2.21. The topological polar surface area (TPSA) is 58.6 Å². The summed E-state index contributed by atoms with van der Waals surface area (Å²) in [5, 5.41) is 2.50. The smallest absolute Gasteiger partial charge is 0.252 e. The Morgan fingerprint density at radius 1 is 1.35 bits per heavy atom. The van der Waals surface area contributed by atoms with Crippen LogP contribution >= 0.6 is 0 Å². The predicted molar refractivity (Wildman–Crippen MR) is 94.6 cm³/mol. The SMILES string of the molecule is C=CCCOC(C)C(=O)N1CCCCC1C(=O)Nc1cc(F)cc(F)c1. The van der Waals surface area contributed by atoms with Gasteiger partial charge in [0.15, 0.2) is 0 Å². The number of anilines is 1. The number of benzene rings is 1. The molecule has 1 aromatic rings. The standard InChI is InChI=1S/C19H24F2N2O3/c1-3-4-9-26-13(2)19(25)23-8-6-5-7-17(23)18(24)22-16-11-14(20)10-15(21)12-16/h3,10-13,17H,1,4-9H2,2H3,(H,22,24). The minimum Gasteiger partial charge on any atom is -0.368 e.